The van der Waals surface area contributed by atoms with Gasteiger partial charge in [0.1, 0.15) is 17.8 Å². The molecule has 1 amide bonds. The zero-order valence-electron chi connectivity index (χ0n) is 14.4. The van der Waals surface area contributed by atoms with Crippen LogP contribution in [0.25, 0.3) is 11.3 Å². The number of amides is 1. The molecule has 0 bridgehead atoms. The van der Waals surface area contributed by atoms with Gasteiger partial charge in [-0.3, -0.25) is 4.79 Å². The number of methoxy groups -OCH3 is 2. The summed E-state index contributed by atoms with van der Waals surface area (Å²) >= 11 is 2.66. The van der Waals surface area contributed by atoms with Crippen LogP contribution in [0, 0.1) is 0 Å². The van der Waals surface area contributed by atoms with Gasteiger partial charge in [-0.25, -0.2) is 4.98 Å². The minimum atomic E-state index is -0.156. The highest BCUT2D eigenvalue weighted by molar-refractivity contribution is 7.99. The second-order valence-electron chi connectivity index (χ2n) is 5.17. The molecule has 3 aromatic rings. The fourth-order valence-electron chi connectivity index (χ4n) is 2.16. The number of ether oxygens (including phenoxy) is 2. The number of nitrogens with one attached hydrogen (secondary N) is 1. The molecular formula is C16H17N5O3S2. The summed E-state index contributed by atoms with van der Waals surface area (Å²) in [6, 6.07) is 5.49. The molecule has 8 nitrogen and oxygen atoms in total. The normalized spacial score (nSPS) is 10.6. The van der Waals surface area contributed by atoms with Gasteiger partial charge in [0, 0.05) is 18.0 Å². The third kappa shape index (κ3) is 4.14. The summed E-state index contributed by atoms with van der Waals surface area (Å²) in [6.07, 6.45) is 1.59. The summed E-state index contributed by atoms with van der Waals surface area (Å²) in [4.78, 5) is 16.6. The number of hydrogen-bond acceptors (Lipinski definition) is 8. The van der Waals surface area contributed by atoms with Crippen LogP contribution in [0.4, 0.5) is 5.13 Å². The molecule has 1 aromatic carbocycles. The molecule has 0 spiro atoms. The van der Waals surface area contributed by atoms with Crippen molar-refractivity contribution in [1.29, 1.82) is 0 Å². The molecule has 26 heavy (non-hydrogen) atoms. The van der Waals surface area contributed by atoms with E-state index in [-0.39, 0.29) is 11.7 Å². The molecule has 2 heterocycles. The average molecular weight is 391 g/mol. The number of carbonyl (C=O) groups is 1. The van der Waals surface area contributed by atoms with Crippen LogP contribution in [0.15, 0.2) is 35.1 Å². The maximum absolute atomic E-state index is 12.1. The van der Waals surface area contributed by atoms with Crippen molar-refractivity contribution in [2.75, 3.05) is 25.3 Å². The minimum Gasteiger partial charge on any atom is -0.497 e. The standard InChI is InChI=1S/C16H17N5O3S2/c1-21-9-17-20-16(21)26-8-14(22)19-15-18-12(7-25-15)11-6-10(23-2)4-5-13(11)24-3/h4-7,9H,8H2,1-3H3,(H,18,19,22). The smallest absolute Gasteiger partial charge is 0.236 e. The highest BCUT2D eigenvalue weighted by Gasteiger charge is 2.13. The number of nitrogens with zero attached hydrogens (tertiary/aromatic N) is 4. The third-order valence-electron chi connectivity index (χ3n) is 3.44. The first-order valence-electron chi connectivity index (χ1n) is 7.55. The van der Waals surface area contributed by atoms with Crippen LogP contribution in [-0.4, -0.2) is 45.6 Å². The molecule has 0 aliphatic carbocycles. The molecular weight excluding hydrogens is 374 g/mol. The van der Waals surface area contributed by atoms with Crippen LogP contribution in [-0.2, 0) is 11.8 Å². The van der Waals surface area contributed by atoms with Gasteiger partial charge in [-0.1, -0.05) is 11.8 Å². The maximum atomic E-state index is 12.1. The van der Waals surface area contributed by atoms with Gasteiger partial charge in [0.15, 0.2) is 10.3 Å². The number of thioether (sulfide) groups is 1. The van der Waals surface area contributed by atoms with E-state index in [0.29, 0.717) is 27.5 Å². The summed E-state index contributed by atoms with van der Waals surface area (Å²) in [5.74, 6) is 1.46. The number of aromatic nitrogens is 4. The Kier molecular flexibility index (Phi) is 5.74. The Labute approximate surface area is 158 Å². The van der Waals surface area contributed by atoms with Gasteiger partial charge in [-0.2, -0.15) is 0 Å². The van der Waals surface area contributed by atoms with Gasteiger partial charge in [0.05, 0.1) is 25.7 Å². The molecule has 10 heteroatoms. The van der Waals surface area contributed by atoms with E-state index in [0.717, 1.165) is 5.56 Å². The number of thiazole rings is 1. The van der Waals surface area contributed by atoms with Gasteiger partial charge in [0.25, 0.3) is 0 Å². The number of rotatable bonds is 7. The van der Waals surface area contributed by atoms with E-state index in [1.165, 1.54) is 23.1 Å². The van der Waals surface area contributed by atoms with Crippen molar-refractivity contribution in [3.8, 4) is 22.8 Å². The molecule has 1 N–H and O–H groups in total. The molecule has 0 saturated heterocycles. The molecule has 0 aliphatic rings. The van der Waals surface area contributed by atoms with Crippen molar-refractivity contribution < 1.29 is 14.3 Å². The predicted octanol–water partition coefficient (Wildman–Crippen LogP) is 2.69. The monoisotopic (exact) mass is 391 g/mol. The Hall–Kier alpha value is -2.59. The largest absolute Gasteiger partial charge is 0.497 e. The van der Waals surface area contributed by atoms with Crippen LogP contribution in [0.1, 0.15) is 0 Å². The lowest BCUT2D eigenvalue weighted by Crippen LogP contribution is -2.14. The molecule has 2 aromatic heterocycles. The van der Waals surface area contributed by atoms with Crippen molar-refractivity contribution in [2.24, 2.45) is 7.05 Å². The highest BCUT2D eigenvalue weighted by Crippen LogP contribution is 2.35. The predicted molar refractivity (Wildman–Crippen MR) is 101 cm³/mol. The van der Waals surface area contributed by atoms with E-state index in [4.69, 9.17) is 9.47 Å². The molecule has 0 saturated carbocycles. The lowest BCUT2D eigenvalue weighted by atomic mass is 10.1. The van der Waals surface area contributed by atoms with Gasteiger partial charge < -0.3 is 19.4 Å². The molecule has 0 atom stereocenters. The fraction of sp³-hybridized carbons (Fsp3) is 0.250. The first-order chi connectivity index (χ1) is 12.6. The Morgan fingerprint density at radius 2 is 2.19 bits per heavy atom. The Morgan fingerprint density at radius 1 is 1.35 bits per heavy atom. The fourth-order valence-corrected chi connectivity index (χ4v) is 3.57. The molecule has 136 valence electrons. The first kappa shape index (κ1) is 18.2. The van der Waals surface area contributed by atoms with Gasteiger partial charge >= 0.3 is 0 Å². The molecule has 0 unspecified atom stereocenters. The van der Waals surface area contributed by atoms with Gasteiger partial charge in [-0.05, 0) is 18.2 Å². The summed E-state index contributed by atoms with van der Waals surface area (Å²) in [5.41, 5.74) is 1.51. The van der Waals surface area contributed by atoms with Crippen molar-refractivity contribution in [3.05, 3.63) is 29.9 Å². The summed E-state index contributed by atoms with van der Waals surface area (Å²) in [7, 11) is 5.03. The van der Waals surface area contributed by atoms with E-state index >= 15 is 0 Å². The lowest BCUT2D eigenvalue weighted by molar-refractivity contribution is -0.113. The summed E-state index contributed by atoms with van der Waals surface area (Å²) in [5, 5.41) is 13.6. The number of anilines is 1. The first-order valence-corrected chi connectivity index (χ1v) is 9.42. The summed E-state index contributed by atoms with van der Waals surface area (Å²) in [6.45, 7) is 0. The molecule has 0 aliphatic heterocycles. The minimum absolute atomic E-state index is 0.156. The number of hydrogen-bond donors (Lipinski definition) is 1. The van der Waals surface area contributed by atoms with E-state index in [1.807, 2.05) is 30.6 Å². The number of aryl methyl sites for hydroxylation is 1. The van der Waals surface area contributed by atoms with E-state index < -0.39 is 0 Å². The Morgan fingerprint density at radius 3 is 2.88 bits per heavy atom. The second kappa shape index (κ2) is 8.19. The summed E-state index contributed by atoms with van der Waals surface area (Å²) < 4.78 is 12.4. The van der Waals surface area contributed by atoms with E-state index in [1.54, 1.807) is 25.1 Å². The zero-order chi connectivity index (χ0) is 18.5. The van der Waals surface area contributed by atoms with Crippen molar-refractivity contribution in [1.82, 2.24) is 19.7 Å². The number of benzene rings is 1. The van der Waals surface area contributed by atoms with Crippen molar-refractivity contribution >= 4 is 34.1 Å². The van der Waals surface area contributed by atoms with Gasteiger partial charge in [-0.15, -0.1) is 21.5 Å². The van der Waals surface area contributed by atoms with Crippen LogP contribution >= 0.6 is 23.1 Å². The Balaban J connectivity index is 1.68. The van der Waals surface area contributed by atoms with Crippen LogP contribution in [0.3, 0.4) is 0 Å². The maximum Gasteiger partial charge on any atom is 0.236 e. The molecule has 0 radical (unpaired) electrons. The van der Waals surface area contributed by atoms with Crippen LogP contribution < -0.4 is 14.8 Å². The van der Waals surface area contributed by atoms with Gasteiger partial charge in [0.2, 0.25) is 5.91 Å². The zero-order valence-corrected chi connectivity index (χ0v) is 16.1. The SMILES string of the molecule is COc1ccc(OC)c(-c2csc(NC(=O)CSc3nncn3C)n2)c1. The highest BCUT2D eigenvalue weighted by atomic mass is 32.2. The number of carbonyl (C=O) groups excluding carboxylic acids is 1. The second-order valence-corrected chi connectivity index (χ2v) is 6.97. The lowest BCUT2D eigenvalue weighted by Gasteiger charge is -2.08. The molecule has 0 fully saturated rings. The van der Waals surface area contributed by atoms with Crippen LogP contribution in [0.5, 0.6) is 11.5 Å². The van der Waals surface area contributed by atoms with E-state index in [2.05, 4.69) is 20.5 Å². The topological polar surface area (TPSA) is 91.2 Å². The molecule has 3 rings (SSSR count). The third-order valence-corrected chi connectivity index (χ3v) is 5.23. The van der Waals surface area contributed by atoms with E-state index in [9.17, 15) is 4.79 Å². The average Bonchev–Trinajstić information content (AvgIpc) is 3.28. The quantitative estimate of drug-likeness (QED) is 0.619. The Bertz CT molecular complexity index is 909. The van der Waals surface area contributed by atoms with Crippen molar-refractivity contribution in [2.45, 2.75) is 5.16 Å². The van der Waals surface area contributed by atoms with Crippen LogP contribution in [0.2, 0.25) is 0 Å². The van der Waals surface area contributed by atoms with Crippen molar-refractivity contribution in [3.63, 3.8) is 0 Å².